The van der Waals surface area contributed by atoms with Crippen LogP contribution in [0.3, 0.4) is 0 Å². The number of para-hydroxylation sites is 2. The molecule has 2 aromatic carbocycles. The maximum absolute atomic E-state index is 12.5. The molecule has 0 aliphatic rings. The smallest absolute Gasteiger partial charge is 0.311 e. The second-order valence-electron chi connectivity index (χ2n) is 9.09. The van der Waals surface area contributed by atoms with E-state index in [9.17, 15) is 4.79 Å². The van der Waals surface area contributed by atoms with E-state index >= 15 is 0 Å². The summed E-state index contributed by atoms with van der Waals surface area (Å²) in [6.07, 6.45) is 8.20. The topological polar surface area (TPSA) is 61.4 Å². The Morgan fingerprint density at radius 3 is 2.43 bits per heavy atom. The van der Waals surface area contributed by atoms with Gasteiger partial charge in [0, 0.05) is 18.5 Å². The van der Waals surface area contributed by atoms with Crippen LogP contribution in [-0.4, -0.2) is 24.9 Å². The van der Waals surface area contributed by atoms with Gasteiger partial charge >= 0.3 is 5.97 Å². The van der Waals surface area contributed by atoms with Gasteiger partial charge in [0.05, 0.1) is 17.2 Å². The van der Waals surface area contributed by atoms with Crippen molar-refractivity contribution in [2.45, 2.75) is 65.7 Å². The third-order valence-corrected chi connectivity index (χ3v) is 6.41. The number of hydrogen-bond acceptors (Lipinski definition) is 4. The minimum Gasteiger partial charge on any atom is -0.424 e. The van der Waals surface area contributed by atoms with Crippen LogP contribution in [0, 0.1) is 0 Å². The van der Waals surface area contributed by atoms with E-state index in [1.165, 1.54) is 18.4 Å². The molecule has 3 aromatic heterocycles. The SMILES string of the molecule is CCCCc1ccc(-n2cc(OC(=O)CCC)c3c2nc(CCC)n2c4ccccc4nc32)cc1. The summed E-state index contributed by atoms with van der Waals surface area (Å²) >= 11 is 0. The van der Waals surface area contributed by atoms with Gasteiger partial charge < -0.3 is 4.74 Å². The van der Waals surface area contributed by atoms with Crippen LogP contribution in [0.25, 0.3) is 33.4 Å². The molecular formula is C29H32N4O2. The van der Waals surface area contributed by atoms with Gasteiger partial charge in [-0.2, -0.15) is 0 Å². The van der Waals surface area contributed by atoms with Crippen molar-refractivity contribution in [2.75, 3.05) is 0 Å². The Balaban J connectivity index is 1.77. The lowest BCUT2D eigenvalue weighted by atomic mass is 10.1. The molecule has 0 amide bonds. The van der Waals surface area contributed by atoms with E-state index in [-0.39, 0.29) is 5.97 Å². The summed E-state index contributed by atoms with van der Waals surface area (Å²) in [7, 11) is 0. The van der Waals surface area contributed by atoms with Gasteiger partial charge in [0.15, 0.2) is 17.0 Å². The quantitative estimate of drug-likeness (QED) is 0.223. The van der Waals surface area contributed by atoms with Crippen LogP contribution in [0.2, 0.25) is 0 Å². The molecule has 0 atom stereocenters. The minimum atomic E-state index is -0.242. The van der Waals surface area contributed by atoms with Crippen molar-refractivity contribution >= 4 is 33.7 Å². The highest BCUT2D eigenvalue weighted by Crippen LogP contribution is 2.35. The van der Waals surface area contributed by atoms with Crippen LogP contribution < -0.4 is 4.74 Å². The maximum Gasteiger partial charge on any atom is 0.311 e. The van der Waals surface area contributed by atoms with E-state index in [1.54, 1.807) is 0 Å². The first-order chi connectivity index (χ1) is 17.1. The van der Waals surface area contributed by atoms with Crippen LogP contribution in [0.1, 0.15) is 64.3 Å². The zero-order valence-corrected chi connectivity index (χ0v) is 20.8. The third-order valence-electron chi connectivity index (χ3n) is 6.41. The highest BCUT2D eigenvalue weighted by Gasteiger charge is 2.22. The summed E-state index contributed by atoms with van der Waals surface area (Å²) in [4.78, 5) is 22.7. The van der Waals surface area contributed by atoms with Gasteiger partial charge in [-0.3, -0.25) is 13.8 Å². The second kappa shape index (κ2) is 9.90. The Morgan fingerprint density at radius 2 is 1.69 bits per heavy atom. The summed E-state index contributed by atoms with van der Waals surface area (Å²) < 4.78 is 10.1. The Morgan fingerprint density at radius 1 is 0.886 bits per heavy atom. The Bertz CT molecular complexity index is 1490. The standard InChI is InChI=1S/C29H32N4O2/c1-4-7-12-20-15-17-21(18-16-20)32-19-24(35-26(34)11-6-3)27-28(32)31-25(10-5-2)33-23-14-9-8-13-22(23)30-29(27)33/h8-9,13-19H,4-7,10-12H2,1-3H3. The Hall–Kier alpha value is -3.67. The second-order valence-corrected chi connectivity index (χ2v) is 9.09. The molecule has 0 saturated heterocycles. The number of aryl methyl sites for hydroxylation is 2. The average molecular weight is 469 g/mol. The van der Waals surface area contributed by atoms with Gasteiger partial charge in [0.25, 0.3) is 0 Å². The van der Waals surface area contributed by atoms with Crippen LogP contribution in [0.4, 0.5) is 0 Å². The van der Waals surface area contributed by atoms with E-state index in [2.05, 4.69) is 48.6 Å². The fourth-order valence-corrected chi connectivity index (χ4v) is 4.67. The normalized spacial score (nSPS) is 11.6. The van der Waals surface area contributed by atoms with Crippen LogP contribution in [0.5, 0.6) is 5.75 Å². The van der Waals surface area contributed by atoms with Crippen molar-refractivity contribution < 1.29 is 9.53 Å². The lowest BCUT2D eigenvalue weighted by molar-refractivity contribution is -0.134. The molecule has 0 unspecified atom stereocenters. The largest absolute Gasteiger partial charge is 0.424 e. The molecule has 6 nitrogen and oxygen atoms in total. The zero-order chi connectivity index (χ0) is 24.4. The van der Waals surface area contributed by atoms with Gasteiger partial charge in [-0.05, 0) is 55.5 Å². The number of aromatic nitrogens is 4. The fraction of sp³-hybridized carbons (Fsp3) is 0.345. The molecule has 0 bridgehead atoms. The van der Waals surface area contributed by atoms with Gasteiger partial charge in [0.2, 0.25) is 0 Å². The summed E-state index contributed by atoms with van der Waals surface area (Å²) in [6.45, 7) is 6.34. The van der Waals surface area contributed by atoms with E-state index in [1.807, 2.05) is 35.9 Å². The van der Waals surface area contributed by atoms with Crippen molar-refractivity contribution in [3.05, 3.63) is 66.1 Å². The monoisotopic (exact) mass is 468 g/mol. The fourth-order valence-electron chi connectivity index (χ4n) is 4.67. The first-order valence-electron chi connectivity index (χ1n) is 12.8. The summed E-state index contributed by atoms with van der Waals surface area (Å²) in [5.41, 5.74) is 5.76. The molecule has 0 N–H and O–H groups in total. The van der Waals surface area contributed by atoms with Gasteiger partial charge in [-0.15, -0.1) is 0 Å². The molecule has 5 rings (SSSR count). The van der Waals surface area contributed by atoms with Crippen molar-refractivity contribution in [3.8, 4) is 11.4 Å². The Labute approximate surface area is 205 Å². The van der Waals surface area contributed by atoms with Gasteiger partial charge in [-0.1, -0.05) is 51.5 Å². The minimum absolute atomic E-state index is 0.242. The van der Waals surface area contributed by atoms with Crippen LogP contribution in [-0.2, 0) is 17.6 Å². The highest BCUT2D eigenvalue weighted by atomic mass is 16.5. The summed E-state index contributed by atoms with van der Waals surface area (Å²) in [6, 6.07) is 16.7. The molecule has 0 radical (unpaired) electrons. The van der Waals surface area contributed by atoms with E-state index in [0.29, 0.717) is 12.2 Å². The molecule has 3 heterocycles. The van der Waals surface area contributed by atoms with Crippen molar-refractivity contribution in [1.29, 1.82) is 0 Å². The molecular weight excluding hydrogens is 436 g/mol. The van der Waals surface area contributed by atoms with E-state index < -0.39 is 0 Å². The van der Waals surface area contributed by atoms with Gasteiger partial charge in [-0.25, -0.2) is 9.97 Å². The summed E-state index contributed by atoms with van der Waals surface area (Å²) in [5.74, 6) is 1.21. The number of hydrogen-bond donors (Lipinski definition) is 0. The highest BCUT2D eigenvalue weighted by molar-refractivity contribution is 6.01. The number of esters is 1. The first kappa shape index (κ1) is 23.1. The third kappa shape index (κ3) is 4.29. The number of benzene rings is 2. The number of imidazole rings is 1. The van der Waals surface area contributed by atoms with Gasteiger partial charge in [0.1, 0.15) is 11.2 Å². The first-order valence-corrected chi connectivity index (χ1v) is 12.8. The molecule has 0 saturated carbocycles. The molecule has 0 fully saturated rings. The van der Waals surface area contributed by atoms with E-state index in [4.69, 9.17) is 14.7 Å². The molecule has 0 aliphatic heterocycles. The number of rotatable bonds is 9. The number of unbranched alkanes of at least 4 members (excludes halogenated alkanes) is 1. The molecule has 0 spiro atoms. The van der Waals surface area contributed by atoms with E-state index in [0.717, 1.165) is 64.9 Å². The number of fused-ring (bicyclic) bond motifs is 5. The van der Waals surface area contributed by atoms with Crippen molar-refractivity contribution in [1.82, 2.24) is 18.9 Å². The molecule has 0 aliphatic carbocycles. The predicted octanol–water partition coefficient (Wildman–Crippen LogP) is 6.83. The van der Waals surface area contributed by atoms with Crippen LogP contribution in [0.15, 0.2) is 54.7 Å². The number of carbonyl (C=O) groups excluding carboxylic acids is 1. The molecule has 5 aromatic rings. The van der Waals surface area contributed by atoms with Crippen molar-refractivity contribution in [2.24, 2.45) is 0 Å². The molecule has 180 valence electrons. The number of ether oxygens (including phenoxy) is 1. The molecule has 6 heteroatoms. The molecule has 35 heavy (non-hydrogen) atoms. The van der Waals surface area contributed by atoms with Crippen LogP contribution >= 0.6 is 0 Å². The lowest BCUT2D eigenvalue weighted by Crippen LogP contribution is -2.07. The zero-order valence-electron chi connectivity index (χ0n) is 20.8. The number of carbonyl (C=O) groups is 1. The lowest BCUT2D eigenvalue weighted by Gasteiger charge is -2.09. The predicted molar refractivity (Wildman–Crippen MR) is 140 cm³/mol. The maximum atomic E-state index is 12.5. The average Bonchev–Trinajstić information content (AvgIpc) is 3.42. The summed E-state index contributed by atoms with van der Waals surface area (Å²) in [5, 5.41) is 0.764. The Kier molecular flexibility index (Phi) is 6.53. The van der Waals surface area contributed by atoms with Crippen molar-refractivity contribution in [3.63, 3.8) is 0 Å². The number of nitrogens with zero attached hydrogens (tertiary/aromatic N) is 4.